The normalized spacial score (nSPS) is 11.2. The molecule has 7 nitrogen and oxygen atoms in total. The summed E-state index contributed by atoms with van der Waals surface area (Å²) in [7, 11) is 0. The van der Waals surface area contributed by atoms with Gasteiger partial charge in [-0.3, -0.25) is 4.98 Å². The monoisotopic (exact) mass is 346 g/mol. The number of carboxylic acid groups (broad SMARTS) is 1. The molecule has 1 amide bonds. The van der Waals surface area contributed by atoms with Gasteiger partial charge < -0.3 is 19.9 Å². The van der Waals surface area contributed by atoms with E-state index in [9.17, 15) is 14.7 Å². The summed E-state index contributed by atoms with van der Waals surface area (Å²) in [6.07, 6.45) is 1.60. The van der Waals surface area contributed by atoms with E-state index in [-0.39, 0.29) is 5.56 Å². The zero-order valence-corrected chi connectivity index (χ0v) is 14.5. The van der Waals surface area contributed by atoms with E-state index >= 15 is 0 Å². The van der Waals surface area contributed by atoms with Crippen molar-refractivity contribution >= 4 is 23.0 Å². The van der Waals surface area contributed by atoms with Gasteiger partial charge in [0.1, 0.15) is 11.4 Å². The third-order valence-electron chi connectivity index (χ3n) is 3.20. The van der Waals surface area contributed by atoms with Gasteiger partial charge in [-0.25, -0.2) is 9.59 Å². The number of aromatic nitrogens is 1. The van der Waals surface area contributed by atoms with E-state index < -0.39 is 17.7 Å². The highest BCUT2D eigenvalue weighted by Crippen LogP contribution is 2.22. The minimum Gasteiger partial charge on any atom is -0.494 e. The molecule has 1 heterocycles. The topological polar surface area (TPSA) is 97.8 Å². The van der Waals surface area contributed by atoms with Crippen molar-refractivity contribution in [3.63, 3.8) is 0 Å². The van der Waals surface area contributed by atoms with E-state index in [1.807, 2.05) is 0 Å². The van der Waals surface area contributed by atoms with E-state index in [1.165, 1.54) is 12.3 Å². The first-order valence-electron chi connectivity index (χ1n) is 7.98. The van der Waals surface area contributed by atoms with Crippen LogP contribution in [-0.4, -0.2) is 40.9 Å². The van der Waals surface area contributed by atoms with Crippen LogP contribution in [0.2, 0.25) is 0 Å². The van der Waals surface area contributed by atoms with Gasteiger partial charge in [0.15, 0.2) is 0 Å². The summed E-state index contributed by atoms with van der Waals surface area (Å²) in [6.45, 7) is 6.20. The molecule has 0 bridgehead atoms. The number of nitrogens with zero attached hydrogens (tertiary/aromatic N) is 1. The SMILES string of the molecule is CC(C)(C)OC(=O)NCCCOc1ccc2nccc(C(=O)O)c2c1. The van der Waals surface area contributed by atoms with Gasteiger partial charge in [0, 0.05) is 18.1 Å². The highest BCUT2D eigenvalue weighted by molar-refractivity contribution is 6.02. The fourth-order valence-corrected chi connectivity index (χ4v) is 2.17. The van der Waals surface area contributed by atoms with Crippen molar-refractivity contribution in [3.05, 3.63) is 36.0 Å². The van der Waals surface area contributed by atoms with Crippen LogP contribution in [0.5, 0.6) is 5.75 Å². The van der Waals surface area contributed by atoms with Crippen molar-refractivity contribution in [1.29, 1.82) is 0 Å². The summed E-state index contributed by atoms with van der Waals surface area (Å²) < 4.78 is 10.8. The van der Waals surface area contributed by atoms with Gasteiger partial charge in [-0.05, 0) is 51.5 Å². The Bertz CT molecular complexity index is 768. The lowest BCUT2D eigenvalue weighted by atomic mass is 10.1. The van der Waals surface area contributed by atoms with Crippen molar-refractivity contribution in [2.24, 2.45) is 0 Å². The molecular weight excluding hydrogens is 324 g/mol. The molecule has 0 aliphatic rings. The number of nitrogens with one attached hydrogen (secondary N) is 1. The Balaban J connectivity index is 1.86. The first kappa shape index (κ1) is 18.5. The number of aromatic carboxylic acids is 1. The van der Waals surface area contributed by atoms with Gasteiger partial charge >= 0.3 is 12.1 Å². The van der Waals surface area contributed by atoms with Gasteiger partial charge in [0.25, 0.3) is 0 Å². The third kappa shape index (κ3) is 5.63. The largest absolute Gasteiger partial charge is 0.494 e. The maximum atomic E-state index is 11.5. The minimum atomic E-state index is -1.01. The lowest BCUT2D eigenvalue weighted by Crippen LogP contribution is -2.33. The van der Waals surface area contributed by atoms with Gasteiger partial charge in [0.05, 0.1) is 17.7 Å². The van der Waals surface area contributed by atoms with E-state index in [0.29, 0.717) is 36.2 Å². The molecule has 7 heteroatoms. The zero-order chi connectivity index (χ0) is 18.4. The molecule has 0 atom stereocenters. The highest BCUT2D eigenvalue weighted by atomic mass is 16.6. The number of ether oxygens (including phenoxy) is 2. The molecule has 1 aromatic heterocycles. The number of carboxylic acids is 1. The predicted molar refractivity (Wildman–Crippen MR) is 93.1 cm³/mol. The van der Waals surface area contributed by atoms with Crippen molar-refractivity contribution < 1.29 is 24.2 Å². The van der Waals surface area contributed by atoms with E-state index in [1.54, 1.807) is 39.0 Å². The van der Waals surface area contributed by atoms with E-state index in [2.05, 4.69) is 10.3 Å². The Morgan fingerprint density at radius 3 is 2.68 bits per heavy atom. The number of alkyl carbamates (subject to hydrolysis) is 1. The number of pyridine rings is 1. The number of hydrogen-bond donors (Lipinski definition) is 2. The highest BCUT2D eigenvalue weighted by Gasteiger charge is 2.15. The van der Waals surface area contributed by atoms with Crippen LogP contribution in [0, 0.1) is 0 Å². The number of rotatable bonds is 6. The molecule has 0 saturated heterocycles. The number of amides is 1. The fraction of sp³-hybridized carbons (Fsp3) is 0.389. The van der Waals surface area contributed by atoms with Crippen LogP contribution in [0.4, 0.5) is 4.79 Å². The van der Waals surface area contributed by atoms with Gasteiger partial charge in [0.2, 0.25) is 0 Å². The van der Waals surface area contributed by atoms with Crippen LogP contribution in [0.15, 0.2) is 30.5 Å². The molecule has 2 N–H and O–H groups in total. The second-order valence-electron chi connectivity index (χ2n) is 6.47. The Labute approximate surface area is 146 Å². The number of hydrogen-bond acceptors (Lipinski definition) is 5. The second-order valence-corrected chi connectivity index (χ2v) is 6.47. The smallest absolute Gasteiger partial charge is 0.407 e. The van der Waals surface area contributed by atoms with Crippen molar-refractivity contribution in [2.45, 2.75) is 32.8 Å². The van der Waals surface area contributed by atoms with E-state index in [4.69, 9.17) is 9.47 Å². The van der Waals surface area contributed by atoms with E-state index in [0.717, 1.165) is 0 Å². The Hall–Kier alpha value is -2.83. The quantitative estimate of drug-likeness (QED) is 0.779. The maximum absolute atomic E-state index is 11.5. The Kier molecular flexibility index (Phi) is 5.80. The molecule has 0 fully saturated rings. The Morgan fingerprint density at radius 2 is 2.00 bits per heavy atom. The van der Waals surface area contributed by atoms with Gasteiger partial charge in [-0.1, -0.05) is 0 Å². The van der Waals surface area contributed by atoms with Crippen LogP contribution in [0.3, 0.4) is 0 Å². The van der Waals surface area contributed by atoms with Crippen molar-refractivity contribution in [3.8, 4) is 5.75 Å². The number of benzene rings is 1. The second kappa shape index (κ2) is 7.83. The van der Waals surface area contributed by atoms with Gasteiger partial charge in [-0.2, -0.15) is 0 Å². The number of carbonyl (C=O) groups is 2. The predicted octanol–water partition coefficient (Wildman–Crippen LogP) is 3.23. The summed E-state index contributed by atoms with van der Waals surface area (Å²) in [4.78, 5) is 26.9. The molecule has 0 unspecified atom stereocenters. The standard InChI is InChI=1S/C18H22N2O5/c1-18(2,3)25-17(23)20-8-4-10-24-12-5-6-15-14(11-12)13(16(21)22)7-9-19-15/h5-7,9,11H,4,8,10H2,1-3H3,(H,20,23)(H,21,22). The van der Waals surface area contributed by atoms with Crippen molar-refractivity contribution in [2.75, 3.05) is 13.2 Å². The average Bonchev–Trinajstić information content (AvgIpc) is 2.52. The first-order valence-corrected chi connectivity index (χ1v) is 7.98. The summed E-state index contributed by atoms with van der Waals surface area (Å²) in [6, 6.07) is 6.57. The summed E-state index contributed by atoms with van der Waals surface area (Å²) >= 11 is 0. The van der Waals surface area contributed by atoms with Crippen LogP contribution in [-0.2, 0) is 4.74 Å². The zero-order valence-electron chi connectivity index (χ0n) is 14.5. The lowest BCUT2D eigenvalue weighted by molar-refractivity contribution is 0.0525. The minimum absolute atomic E-state index is 0.182. The number of carbonyl (C=O) groups excluding carboxylic acids is 1. The molecule has 25 heavy (non-hydrogen) atoms. The first-order chi connectivity index (χ1) is 11.8. The summed E-state index contributed by atoms with van der Waals surface area (Å²) in [5.74, 6) is -0.452. The summed E-state index contributed by atoms with van der Waals surface area (Å²) in [5.41, 5.74) is 0.252. The molecular formula is C18H22N2O5. The lowest BCUT2D eigenvalue weighted by Gasteiger charge is -2.19. The molecule has 0 radical (unpaired) electrons. The Morgan fingerprint density at radius 1 is 1.24 bits per heavy atom. The summed E-state index contributed by atoms with van der Waals surface area (Å²) in [5, 5.41) is 12.4. The molecule has 0 aliphatic heterocycles. The van der Waals surface area contributed by atoms with Gasteiger partial charge in [-0.15, -0.1) is 0 Å². The van der Waals surface area contributed by atoms with Crippen LogP contribution in [0.1, 0.15) is 37.6 Å². The fourth-order valence-electron chi connectivity index (χ4n) is 2.17. The average molecular weight is 346 g/mol. The maximum Gasteiger partial charge on any atom is 0.407 e. The number of fused-ring (bicyclic) bond motifs is 1. The third-order valence-corrected chi connectivity index (χ3v) is 3.20. The molecule has 1 aromatic carbocycles. The molecule has 0 saturated carbocycles. The molecule has 2 aromatic rings. The van der Waals surface area contributed by atoms with Crippen molar-refractivity contribution in [1.82, 2.24) is 10.3 Å². The molecule has 0 aliphatic carbocycles. The van der Waals surface area contributed by atoms with Crippen LogP contribution >= 0.6 is 0 Å². The molecule has 134 valence electrons. The van der Waals surface area contributed by atoms with Crippen LogP contribution in [0.25, 0.3) is 10.9 Å². The van der Waals surface area contributed by atoms with Crippen LogP contribution < -0.4 is 10.1 Å². The molecule has 2 rings (SSSR count). The molecule has 0 spiro atoms.